The number of halogens is 2. The van der Waals surface area contributed by atoms with Crippen LogP contribution in [0.15, 0.2) is 22.8 Å². The number of rotatable bonds is 0. The zero-order chi connectivity index (χ0) is 9.71. The van der Waals surface area contributed by atoms with Crippen molar-refractivity contribution in [1.29, 1.82) is 0 Å². The van der Waals surface area contributed by atoms with Crippen LogP contribution in [0, 0.1) is 0 Å². The maximum Gasteiger partial charge on any atom is 0.0661 e. The van der Waals surface area contributed by atoms with E-state index in [2.05, 4.69) is 32.6 Å². The van der Waals surface area contributed by atoms with Gasteiger partial charge in [-0.2, -0.15) is 0 Å². The highest BCUT2D eigenvalue weighted by atomic mass is 79.9. The summed E-state index contributed by atoms with van der Waals surface area (Å²) in [4.78, 5) is 0. The molecular formula is C11H9BrClN. The molecule has 1 nitrogen and oxygen atoms in total. The highest BCUT2D eigenvalue weighted by Gasteiger charge is 2.15. The summed E-state index contributed by atoms with van der Waals surface area (Å²) in [6.45, 7) is 1.10. The van der Waals surface area contributed by atoms with E-state index in [0.29, 0.717) is 0 Å². The molecule has 3 heteroatoms. The number of benzene rings is 1. The first-order chi connectivity index (χ1) is 6.75. The molecule has 3 rings (SSSR count). The van der Waals surface area contributed by atoms with Crippen LogP contribution < -0.4 is 0 Å². The van der Waals surface area contributed by atoms with Crippen LogP contribution in [0.25, 0.3) is 10.9 Å². The van der Waals surface area contributed by atoms with Crippen LogP contribution in [0.5, 0.6) is 0 Å². The molecule has 1 aromatic carbocycles. The van der Waals surface area contributed by atoms with Gasteiger partial charge in [0.2, 0.25) is 0 Å². The van der Waals surface area contributed by atoms with Crippen LogP contribution >= 0.6 is 27.5 Å². The molecule has 1 aliphatic heterocycles. The number of aryl methyl sites for hydroxylation is 2. The van der Waals surface area contributed by atoms with Crippen molar-refractivity contribution in [2.75, 3.05) is 0 Å². The summed E-state index contributed by atoms with van der Waals surface area (Å²) < 4.78 is 3.39. The second-order valence-electron chi connectivity index (χ2n) is 3.74. The molecule has 0 fully saturated rings. The zero-order valence-corrected chi connectivity index (χ0v) is 9.90. The summed E-state index contributed by atoms with van der Waals surface area (Å²) in [5.74, 6) is 0. The Hall–Kier alpha value is -0.470. The van der Waals surface area contributed by atoms with Crippen LogP contribution in [-0.4, -0.2) is 4.57 Å². The van der Waals surface area contributed by atoms with Crippen molar-refractivity contribution in [3.8, 4) is 0 Å². The molecule has 0 N–H and O–H groups in total. The minimum Gasteiger partial charge on any atom is -0.346 e. The molecule has 0 radical (unpaired) electrons. The molecule has 1 aromatic heterocycles. The van der Waals surface area contributed by atoms with E-state index in [4.69, 9.17) is 11.6 Å². The van der Waals surface area contributed by atoms with Crippen molar-refractivity contribution in [1.82, 2.24) is 4.57 Å². The van der Waals surface area contributed by atoms with E-state index in [1.54, 1.807) is 0 Å². The first kappa shape index (κ1) is 8.81. The van der Waals surface area contributed by atoms with Gasteiger partial charge in [0.1, 0.15) is 0 Å². The van der Waals surface area contributed by atoms with Gasteiger partial charge >= 0.3 is 0 Å². The highest BCUT2D eigenvalue weighted by Crippen LogP contribution is 2.34. The van der Waals surface area contributed by atoms with Gasteiger partial charge in [-0.05, 0) is 30.5 Å². The van der Waals surface area contributed by atoms with Crippen molar-refractivity contribution in [2.45, 2.75) is 19.4 Å². The topological polar surface area (TPSA) is 4.93 Å². The van der Waals surface area contributed by atoms with Crippen molar-refractivity contribution >= 4 is 38.4 Å². The van der Waals surface area contributed by atoms with E-state index in [-0.39, 0.29) is 0 Å². The summed E-state index contributed by atoms with van der Waals surface area (Å²) in [5.41, 5.74) is 2.73. The van der Waals surface area contributed by atoms with Gasteiger partial charge < -0.3 is 4.57 Å². The fourth-order valence-electron chi connectivity index (χ4n) is 2.25. The van der Waals surface area contributed by atoms with Gasteiger partial charge in [-0.1, -0.05) is 27.5 Å². The number of aromatic nitrogens is 1. The monoisotopic (exact) mass is 269 g/mol. The molecule has 0 bridgehead atoms. The Morgan fingerprint density at radius 1 is 1.36 bits per heavy atom. The van der Waals surface area contributed by atoms with Gasteiger partial charge in [-0.25, -0.2) is 0 Å². The number of hydrogen-bond acceptors (Lipinski definition) is 0. The van der Waals surface area contributed by atoms with Gasteiger partial charge in [0.05, 0.1) is 10.5 Å². The molecule has 0 saturated carbocycles. The van der Waals surface area contributed by atoms with Crippen molar-refractivity contribution in [3.63, 3.8) is 0 Å². The first-order valence-corrected chi connectivity index (χ1v) is 5.89. The fraction of sp³-hybridized carbons (Fsp3) is 0.273. The highest BCUT2D eigenvalue weighted by molar-refractivity contribution is 9.10. The first-order valence-electron chi connectivity index (χ1n) is 4.72. The van der Waals surface area contributed by atoms with Crippen molar-refractivity contribution in [2.24, 2.45) is 0 Å². The maximum absolute atomic E-state index is 6.19. The molecule has 0 amide bonds. The van der Waals surface area contributed by atoms with E-state index in [1.165, 1.54) is 22.9 Å². The van der Waals surface area contributed by atoms with Gasteiger partial charge in [0, 0.05) is 22.6 Å². The molecule has 0 atom stereocenters. The molecule has 0 unspecified atom stereocenters. The summed E-state index contributed by atoms with van der Waals surface area (Å²) in [7, 11) is 0. The van der Waals surface area contributed by atoms with Gasteiger partial charge in [-0.15, -0.1) is 0 Å². The quantitative estimate of drug-likeness (QED) is 0.682. The zero-order valence-electron chi connectivity index (χ0n) is 7.56. The van der Waals surface area contributed by atoms with Gasteiger partial charge in [-0.3, -0.25) is 0 Å². The molecule has 0 aliphatic carbocycles. The third-order valence-corrected chi connectivity index (χ3v) is 3.57. The second kappa shape index (κ2) is 3.01. The van der Waals surface area contributed by atoms with E-state index in [9.17, 15) is 0 Å². The van der Waals surface area contributed by atoms with Crippen molar-refractivity contribution in [3.05, 3.63) is 33.4 Å². The lowest BCUT2D eigenvalue weighted by Crippen LogP contribution is -2.06. The standard InChI is InChI=1S/C11H9BrClN/c12-8-4-7-2-1-3-14-6-10(13)9(5-8)11(7)14/h4-6H,1-3H2. The smallest absolute Gasteiger partial charge is 0.0661 e. The summed E-state index contributed by atoms with van der Waals surface area (Å²) in [6, 6.07) is 4.30. The molecule has 14 heavy (non-hydrogen) atoms. The largest absolute Gasteiger partial charge is 0.346 e. The van der Waals surface area contributed by atoms with Crippen LogP contribution in [0.4, 0.5) is 0 Å². The minimum absolute atomic E-state index is 0.865. The maximum atomic E-state index is 6.19. The SMILES string of the molecule is Clc1cn2c3c(cc(Br)cc13)CCC2. The molecule has 0 spiro atoms. The van der Waals surface area contributed by atoms with Crippen LogP contribution in [0.2, 0.25) is 5.02 Å². The lowest BCUT2D eigenvalue weighted by molar-refractivity contribution is 0.636. The van der Waals surface area contributed by atoms with E-state index < -0.39 is 0 Å². The Bertz CT molecular complexity index is 515. The van der Waals surface area contributed by atoms with Gasteiger partial charge in [0.25, 0.3) is 0 Å². The number of hydrogen-bond donors (Lipinski definition) is 0. The minimum atomic E-state index is 0.865. The van der Waals surface area contributed by atoms with Crippen LogP contribution in [0.3, 0.4) is 0 Å². The Kier molecular flexibility index (Phi) is 1.89. The Morgan fingerprint density at radius 2 is 2.21 bits per heavy atom. The lowest BCUT2D eigenvalue weighted by atomic mass is 10.0. The normalized spacial score (nSPS) is 15.0. The van der Waals surface area contributed by atoms with Crippen LogP contribution in [-0.2, 0) is 13.0 Å². The molecule has 2 aromatic rings. The van der Waals surface area contributed by atoms with E-state index in [1.807, 2.05) is 6.20 Å². The predicted octanol–water partition coefficient (Wildman–Crippen LogP) is 4.00. The third-order valence-electron chi connectivity index (χ3n) is 2.81. The van der Waals surface area contributed by atoms with E-state index in [0.717, 1.165) is 22.5 Å². The van der Waals surface area contributed by atoms with Crippen molar-refractivity contribution < 1.29 is 0 Å². The Balaban J connectivity index is 2.49. The Labute approximate surface area is 95.8 Å². The Morgan fingerprint density at radius 3 is 3.07 bits per heavy atom. The summed E-state index contributed by atoms with van der Waals surface area (Å²) >= 11 is 9.71. The fourth-order valence-corrected chi connectivity index (χ4v) is 3.02. The third kappa shape index (κ3) is 1.14. The molecule has 2 heterocycles. The summed E-state index contributed by atoms with van der Waals surface area (Å²) in [5, 5.41) is 2.04. The predicted molar refractivity (Wildman–Crippen MR) is 63.0 cm³/mol. The van der Waals surface area contributed by atoms with Crippen LogP contribution in [0.1, 0.15) is 12.0 Å². The average molecular weight is 271 g/mol. The van der Waals surface area contributed by atoms with Gasteiger partial charge in [0.15, 0.2) is 0 Å². The molecule has 0 saturated heterocycles. The average Bonchev–Trinajstić information content (AvgIpc) is 2.45. The number of nitrogens with zero attached hydrogens (tertiary/aromatic N) is 1. The molecular weight excluding hydrogens is 261 g/mol. The molecule has 72 valence electrons. The second-order valence-corrected chi connectivity index (χ2v) is 5.06. The molecule has 1 aliphatic rings. The summed E-state index contributed by atoms with van der Waals surface area (Å²) in [6.07, 6.45) is 4.42. The lowest BCUT2D eigenvalue weighted by Gasteiger charge is -2.15. The van der Waals surface area contributed by atoms with E-state index >= 15 is 0 Å².